The van der Waals surface area contributed by atoms with E-state index in [1.54, 1.807) is 6.07 Å². The third-order valence-corrected chi connectivity index (χ3v) is 8.19. The summed E-state index contributed by atoms with van der Waals surface area (Å²) in [5.41, 5.74) is -2.00. The van der Waals surface area contributed by atoms with E-state index in [1.165, 1.54) is 127 Å². The molecule has 230 valence electrons. The summed E-state index contributed by atoms with van der Waals surface area (Å²) in [5, 5.41) is 0. The Balaban J connectivity index is 0.0000160. The molecule has 0 aliphatic carbocycles. The van der Waals surface area contributed by atoms with E-state index in [0.29, 0.717) is 0 Å². The van der Waals surface area contributed by atoms with Crippen LogP contribution in [0, 0.1) is 0 Å². The van der Waals surface area contributed by atoms with Gasteiger partial charge in [0, 0.05) is 0 Å². The van der Waals surface area contributed by atoms with Crippen molar-refractivity contribution in [1.29, 1.82) is 0 Å². The number of rotatable bonds is 25. The molecule has 0 saturated carbocycles. The van der Waals surface area contributed by atoms with Gasteiger partial charge in [0.05, 0.1) is 17.7 Å². The smallest absolute Gasteiger partial charge is 0.745 e. The van der Waals surface area contributed by atoms with Crippen molar-refractivity contribution in [3.05, 3.63) is 35.4 Å². The molecule has 1 atom stereocenters. The van der Waals surface area contributed by atoms with Crippen molar-refractivity contribution >= 4 is 22.1 Å². The molecule has 7 nitrogen and oxygen atoms in total. The van der Waals surface area contributed by atoms with Crippen LogP contribution in [0.15, 0.2) is 24.3 Å². The molecular formula is C32H53NaO7S. The summed E-state index contributed by atoms with van der Waals surface area (Å²) in [4.78, 5) is 24.7. The number of esters is 2. The minimum absolute atomic E-state index is 0. The summed E-state index contributed by atoms with van der Waals surface area (Å²) in [6, 6.07) is 5.83. The average Bonchev–Trinajstić information content (AvgIpc) is 2.93. The van der Waals surface area contributed by atoms with E-state index >= 15 is 0 Å². The van der Waals surface area contributed by atoms with Crippen LogP contribution in [-0.4, -0.2) is 37.0 Å². The molecular weight excluding hydrogens is 551 g/mol. The Kier molecular flexibility index (Phi) is 25.0. The summed E-state index contributed by atoms with van der Waals surface area (Å²) >= 11 is 0. The number of hydrogen-bond donors (Lipinski definition) is 0. The first-order chi connectivity index (χ1) is 19.3. The van der Waals surface area contributed by atoms with Crippen molar-refractivity contribution in [1.82, 2.24) is 0 Å². The zero-order chi connectivity index (χ0) is 29.5. The first-order valence-corrected chi connectivity index (χ1v) is 17.2. The van der Waals surface area contributed by atoms with Gasteiger partial charge in [0.25, 0.3) is 0 Å². The summed E-state index contributed by atoms with van der Waals surface area (Å²) in [5.74, 6) is -1.73. The molecule has 0 radical (unpaired) electrons. The van der Waals surface area contributed by atoms with E-state index in [9.17, 15) is 22.6 Å². The van der Waals surface area contributed by atoms with Crippen LogP contribution >= 0.6 is 0 Å². The fraction of sp³-hybridized carbons (Fsp3) is 0.750. The van der Waals surface area contributed by atoms with Crippen LogP contribution in [0.2, 0.25) is 0 Å². The van der Waals surface area contributed by atoms with Gasteiger partial charge in [0.15, 0.2) is 5.44 Å². The Bertz CT molecular complexity index is 920. The van der Waals surface area contributed by atoms with E-state index in [2.05, 4.69) is 6.92 Å². The molecule has 9 heteroatoms. The van der Waals surface area contributed by atoms with Gasteiger partial charge in [-0.15, -0.1) is 0 Å². The SMILES string of the molecule is CCCCCCCCCCCCCCCCCCCCCCOC(=O)c1ccccc1C(=O)OC(C)S(=O)(=O)[O-].[Na+]. The number of carbonyl (C=O) groups excluding carboxylic acids is 2. The first-order valence-electron chi connectivity index (χ1n) is 15.7. The van der Waals surface area contributed by atoms with Crippen LogP contribution in [0.4, 0.5) is 0 Å². The monoisotopic (exact) mass is 604 g/mol. The molecule has 1 aromatic carbocycles. The van der Waals surface area contributed by atoms with Crippen LogP contribution in [0.3, 0.4) is 0 Å². The van der Waals surface area contributed by atoms with Crippen LogP contribution in [0.1, 0.15) is 163 Å². The van der Waals surface area contributed by atoms with E-state index in [4.69, 9.17) is 9.47 Å². The Morgan fingerprint density at radius 1 is 0.659 bits per heavy atom. The van der Waals surface area contributed by atoms with E-state index in [0.717, 1.165) is 26.2 Å². The van der Waals surface area contributed by atoms with Crippen molar-refractivity contribution in [3.8, 4) is 0 Å². The minimum atomic E-state index is -4.79. The summed E-state index contributed by atoms with van der Waals surface area (Å²) in [6.07, 6.45) is 25.9. The number of unbranched alkanes of at least 4 members (excludes halogenated alkanes) is 19. The van der Waals surface area contributed by atoms with Gasteiger partial charge >= 0.3 is 41.5 Å². The van der Waals surface area contributed by atoms with Crippen molar-refractivity contribution < 1.29 is 61.6 Å². The molecule has 0 N–H and O–H groups in total. The maximum absolute atomic E-state index is 12.4. The zero-order valence-corrected chi connectivity index (χ0v) is 28.8. The maximum atomic E-state index is 12.4. The van der Waals surface area contributed by atoms with Gasteiger partial charge in [0.2, 0.25) is 0 Å². The normalized spacial score (nSPS) is 12.0. The summed E-state index contributed by atoms with van der Waals surface area (Å²) in [6.45, 7) is 3.49. The largest absolute Gasteiger partial charge is 1.00 e. The van der Waals surface area contributed by atoms with Gasteiger partial charge in [-0.2, -0.15) is 0 Å². The first kappa shape index (κ1) is 40.1. The fourth-order valence-corrected chi connectivity index (χ4v) is 4.92. The number of carbonyl (C=O) groups is 2. The Morgan fingerprint density at radius 2 is 1.00 bits per heavy atom. The van der Waals surface area contributed by atoms with Crippen LogP contribution < -0.4 is 29.6 Å². The molecule has 0 aliphatic rings. The molecule has 0 heterocycles. The molecule has 1 aromatic rings. The molecule has 1 rings (SSSR count). The van der Waals surface area contributed by atoms with Gasteiger partial charge in [-0.25, -0.2) is 18.0 Å². The molecule has 0 fully saturated rings. The van der Waals surface area contributed by atoms with Gasteiger partial charge < -0.3 is 14.0 Å². The fourth-order valence-electron chi connectivity index (χ4n) is 4.71. The second-order valence-corrected chi connectivity index (χ2v) is 12.5. The van der Waals surface area contributed by atoms with E-state index < -0.39 is 27.5 Å². The third-order valence-electron chi connectivity index (χ3n) is 7.28. The summed E-state index contributed by atoms with van der Waals surface area (Å²) in [7, 11) is -4.79. The van der Waals surface area contributed by atoms with Gasteiger partial charge in [-0.3, -0.25) is 0 Å². The number of hydrogen-bond acceptors (Lipinski definition) is 7. The molecule has 0 aromatic heterocycles. The van der Waals surface area contributed by atoms with Crippen molar-refractivity contribution in [2.75, 3.05) is 6.61 Å². The Morgan fingerprint density at radius 3 is 1.37 bits per heavy atom. The topological polar surface area (TPSA) is 110 Å². The van der Waals surface area contributed by atoms with E-state index in [1.807, 2.05) is 0 Å². The average molecular weight is 605 g/mol. The Labute approximate surface area is 272 Å². The molecule has 0 spiro atoms. The minimum Gasteiger partial charge on any atom is -0.745 e. The Hall–Kier alpha value is -0.930. The van der Waals surface area contributed by atoms with Crippen LogP contribution in [0.5, 0.6) is 0 Å². The molecule has 0 bridgehead atoms. The van der Waals surface area contributed by atoms with Crippen molar-refractivity contribution in [3.63, 3.8) is 0 Å². The second-order valence-electron chi connectivity index (χ2n) is 10.9. The van der Waals surface area contributed by atoms with Crippen LogP contribution in [0.25, 0.3) is 0 Å². The quantitative estimate of drug-likeness (QED) is 0.0608. The van der Waals surface area contributed by atoms with Crippen molar-refractivity contribution in [2.45, 2.75) is 148 Å². The predicted octanol–water partition coefficient (Wildman–Crippen LogP) is 5.72. The predicted molar refractivity (Wildman–Crippen MR) is 159 cm³/mol. The molecule has 0 amide bonds. The van der Waals surface area contributed by atoms with Gasteiger partial charge in [-0.05, 0) is 25.5 Å². The summed E-state index contributed by atoms with van der Waals surface area (Å²) < 4.78 is 43.0. The standard InChI is InChI=1S/C32H54O7S.Na/c1-3-4-5-6-7-8-9-10-11-12-13-14-15-16-17-18-19-20-21-24-27-38-31(33)29-25-22-23-26-30(29)32(34)39-28(2)40(35,36)37;/h22-23,25-26,28H,3-21,24,27H2,1-2H3,(H,35,36,37);/q;+1/p-1. The van der Waals surface area contributed by atoms with Crippen molar-refractivity contribution in [2.24, 2.45) is 0 Å². The molecule has 0 aliphatic heterocycles. The van der Waals surface area contributed by atoms with Crippen LogP contribution in [-0.2, 0) is 19.6 Å². The second kappa shape index (κ2) is 25.6. The molecule has 41 heavy (non-hydrogen) atoms. The number of ether oxygens (including phenoxy) is 2. The third kappa shape index (κ3) is 20.6. The molecule has 0 saturated heterocycles. The maximum Gasteiger partial charge on any atom is 1.00 e. The van der Waals surface area contributed by atoms with Gasteiger partial charge in [-0.1, -0.05) is 141 Å². The number of benzene rings is 1. The van der Waals surface area contributed by atoms with E-state index in [-0.39, 0.29) is 47.3 Å². The molecule has 1 unspecified atom stereocenters. The van der Waals surface area contributed by atoms with Gasteiger partial charge in [0.1, 0.15) is 10.1 Å². The zero-order valence-electron chi connectivity index (χ0n) is 26.0.